The monoisotopic (exact) mass is 223 g/mol. The van der Waals surface area contributed by atoms with Gasteiger partial charge in [-0.2, -0.15) is 0 Å². The van der Waals surface area contributed by atoms with E-state index in [9.17, 15) is 0 Å². The van der Waals surface area contributed by atoms with Crippen LogP contribution in [0.3, 0.4) is 0 Å². The highest BCUT2D eigenvalue weighted by molar-refractivity contribution is 5.74. The number of hydrogen-bond acceptors (Lipinski definition) is 0. The Hall–Kier alpha value is -1.08. The maximum absolute atomic E-state index is 3.28. The van der Waals surface area contributed by atoms with Gasteiger partial charge in [0, 0.05) is 6.08 Å². The summed E-state index contributed by atoms with van der Waals surface area (Å²) in [5.41, 5.74) is 1.36. The van der Waals surface area contributed by atoms with Crippen LogP contribution in [0.4, 0.5) is 0 Å². The van der Waals surface area contributed by atoms with Crippen LogP contribution in [0.5, 0.6) is 0 Å². The van der Waals surface area contributed by atoms with E-state index in [1.165, 1.54) is 5.56 Å². The van der Waals surface area contributed by atoms with Gasteiger partial charge in [-0.1, -0.05) is 30.3 Å². The molecule has 0 aliphatic heterocycles. The van der Waals surface area contributed by atoms with Gasteiger partial charge in [0.2, 0.25) is 0 Å². The third-order valence-electron chi connectivity index (χ3n) is 1.70. The van der Waals surface area contributed by atoms with Crippen molar-refractivity contribution in [2.75, 3.05) is 0 Å². The van der Waals surface area contributed by atoms with E-state index in [1.54, 1.807) is 0 Å². The molecule has 0 bridgehead atoms. The van der Waals surface area contributed by atoms with Gasteiger partial charge < -0.3 is 12.4 Å². The van der Waals surface area contributed by atoms with Crippen molar-refractivity contribution in [3.8, 4) is 0 Å². The summed E-state index contributed by atoms with van der Waals surface area (Å²) in [7, 11) is 0. The van der Waals surface area contributed by atoms with Crippen LogP contribution < -0.4 is 17.4 Å². The highest BCUT2D eigenvalue weighted by Gasteiger charge is 2.10. The van der Waals surface area contributed by atoms with Gasteiger partial charge in [-0.05, 0) is 32.4 Å². The molecule has 2 heteroatoms. The van der Waals surface area contributed by atoms with Crippen molar-refractivity contribution in [1.29, 1.82) is 0 Å². The Labute approximate surface area is 98.3 Å². The molecule has 0 saturated heterocycles. The molecule has 1 N–H and O–H groups in total. The van der Waals surface area contributed by atoms with E-state index in [0.29, 0.717) is 0 Å². The second-order valence-corrected chi connectivity index (χ2v) is 4.33. The molecule has 0 fully saturated rings. The van der Waals surface area contributed by atoms with Crippen molar-refractivity contribution < 1.29 is 17.4 Å². The molecule has 82 valence electrons. The van der Waals surface area contributed by atoms with Crippen molar-refractivity contribution in [3.05, 3.63) is 42.0 Å². The Morgan fingerprint density at radius 3 is 2.20 bits per heavy atom. The minimum Gasteiger partial charge on any atom is -1.00 e. The SMILES string of the molecule is CC(C)(C)[NH+]=C/C=C/c1ccccc1.[Cl-]. The summed E-state index contributed by atoms with van der Waals surface area (Å²) in [6.45, 7) is 6.42. The van der Waals surface area contributed by atoms with E-state index < -0.39 is 0 Å². The number of hydrogen-bond donors (Lipinski definition) is 1. The quantitative estimate of drug-likeness (QED) is 0.597. The van der Waals surface area contributed by atoms with Crippen LogP contribution in [0.1, 0.15) is 26.3 Å². The summed E-state index contributed by atoms with van der Waals surface area (Å²) in [5, 5.41) is 0. The standard InChI is InChI=1S/C13H17N.ClH/c1-13(2,3)14-11-7-10-12-8-5-4-6-9-12;/h4-11H,1-3H3;1H/b10-7+,14-11?;. The van der Waals surface area contributed by atoms with Crippen LogP contribution in [-0.4, -0.2) is 11.8 Å². The molecule has 0 radical (unpaired) electrons. The molecular weight excluding hydrogens is 206 g/mol. The predicted octanol–water partition coefficient (Wildman–Crippen LogP) is -1.35. The van der Waals surface area contributed by atoms with Gasteiger partial charge in [0.05, 0.1) is 0 Å². The Balaban J connectivity index is 0.00000196. The molecule has 0 spiro atoms. The van der Waals surface area contributed by atoms with Gasteiger partial charge in [-0.15, -0.1) is 0 Å². The van der Waals surface area contributed by atoms with Gasteiger partial charge in [0.15, 0.2) is 11.8 Å². The number of nitrogens with one attached hydrogen (secondary N) is 1. The van der Waals surface area contributed by atoms with Crippen LogP contribution in [0.25, 0.3) is 6.08 Å². The molecule has 0 heterocycles. The van der Waals surface area contributed by atoms with E-state index in [1.807, 2.05) is 30.5 Å². The molecule has 0 aliphatic carbocycles. The molecule has 0 atom stereocenters. The highest BCUT2D eigenvalue weighted by Crippen LogP contribution is 1.99. The van der Waals surface area contributed by atoms with Crippen molar-refractivity contribution in [1.82, 2.24) is 0 Å². The Morgan fingerprint density at radius 1 is 1.07 bits per heavy atom. The van der Waals surface area contributed by atoms with Crippen LogP contribution in [0, 0.1) is 0 Å². The molecule has 15 heavy (non-hydrogen) atoms. The maximum Gasteiger partial charge on any atom is 0.162 e. The van der Waals surface area contributed by atoms with Gasteiger partial charge in [0.25, 0.3) is 0 Å². The van der Waals surface area contributed by atoms with Crippen molar-refractivity contribution in [2.24, 2.45) is 0 Å². The van der Waals surface area contributed by atoms with E-state index in [2.05, 4.69) is 44.0 Å². The van der Waals surface area contributed by atoms with Crippen molar-refractivity contribution in [2.45, 2.75) is 26.3 Å². The first-order valence-electron chi connectivity index (χ1n) is 4.90. The fraction of sp³-hybridized carbons (Fsp3) is 0.308. The van der Waals surface area contributed by atoms with Crippen molar-refractivity contribution >= 4 is 12.3 Å². The number of benzene rings is 1. The van der Waals surface area contributed by atoms with Crippen LogP contribution in [0.2, 0.25) is 0 Å². The van der Waals surface area contributed by atoms with Gasteiger partial charge in [-0.3, -0.25) is 0 Å². The summed E-state index contributed by atoms with van der Waals surface area (Å²) in [6.07, 6.45) is 6.09. The topological polar surface area (TPSA) is 14.0 Å². The van der Waals surface area contributed by atoms with Gasteiger partial charge in [-0.25, -0.2) is 4.99 Å². The molecule has 1 nitrogen and oxygen atoms in total. The molecular formula is C13H18ClN. The number of halogens is 1. The van der Waals surface area contributed by atoms with Crippen molar-refractivity contribution in [3.63, 3.8) is 0 Å². The molecule has 0 aliphatic rings. The zero-order chi connectivity index (χ0) is 10.4. The first-order chi connectivity index (χ1) is 6.58. The molecule has 0 saturated carbocycles. The summed E-state index contributed by atoms with van der Waals surface area (Å²) in [4.78, 5) is 3.28. The van der Waals surface area contributed by atoms with E-state index >= 15 is 0 Å². The van der Waals surface area contributed by atoms with E-state index in [4.69, 9.17) is 0 Å². The smallest absolute Gasteiger partial charge is 0.162 e. The average molecular weight is 224 g/mol. The molecule has 0 amide bonds. The Morgan fingerprint density at radius 2 is 1.67 bits per heavy atom. The average Bonchev–Trinajstić information content (AvgIpc) is 2.13. The van der Waals surface area contributed by atoms with Gasteiger partial charge >= 0.3 is 0 Å². The maximum atomic E-state index is 3.28. The minimum atomic E-state index is 0. The lowest BCUT2D eigenvalue weighted by Crippen LogP contribution is -3.00. The molecule has 0 aromatic heterocycles. The second-order valence-electron chi connectivity index (χ2n) is 4.33. The first kappa shape index (κ1) is 13.9. The number of allylic oxidation sites excluding steroid dienone is 1. The lowest BCUT2D eigenvalue weighted by molar-refractivity contribution is -0.533. The fourth-order valence-electron chi connectivity index (χ4n) is 1.02. The number of rotatable bonds is 2. The van der Waals surface area contributed by atoms with Gasteiger partial charge in [0.1, 0.15) is 0 Å². The molecule has 1 aromatic rings. The Kier molecular flexibility index (Phi) is 5.95. The summed E-state index contributed by atoms with van der Waals surface area (Å²) in [6, 6.07) is 10.3. The predicted molar refractivity (Wildman–Crippen MR) is 62.3 cm³/mol. The normalized spacial score (nSPS) is 11.9. The zero-order valence-electron chi connectivity index (χ0n) is 9.50. The highest BCUT2D eigenvalue weighted by atomic mass is 35.5. The molecule has 0 unspecified atom stereocenters. The third-order valence-corrected chi connectivity index (χ3v) is 1.70. The van der Waals surface area contributed by atoms with Crippen LogP contribution in [0.15, 0.2) is 36.4 Å². The Bertz CT molecular complexity index is 320. The summed E-state index contributed by atoms with van der Waals surface area (Å²) >= 11 is 0. The zero-order valence-corrected chi connectivity index (χ0v) is 10.3. The van der Waals surface area contributed by atoms with Crippen LogP contribution >= 0.6 is 0 Å². The van der Waals surface area contributed by atoms with Crippen LogP contribution in [-0.2, 0) is 0 Å². The third kappa shape index (κ3) is 6.92. The lowest BCUT2D eigenvalue weighted by atomic mass is 10.1. The molecule has 1 rings (SSSR count). The second kappa shape index (κ2) is 6.41. The molecule has 1 aromatic carbocycles. The summed E-state index contributed by atoms with van der Waals surface area (Å²) in [5.74, 6) is 0. The van der Waals surface area contributed by atoms with E-state index in [-0.39, 0.29) is 17.9 Å². The summed E-state index contributed by atoms with van der Waals surface area (Å²) < 4.78 is 0. The first-order valence-corrected chi connectivity index (χ1v) is 4.90. The van der Waals surface area contributed by atoms with E-state index in [0.717, 1.165) is 0 Å². The largest absolute Gasteiger partial charge is 1.00 e. The minimum absolute atomic E-state index is 0. The fourth-order valence-corrected chi connectivity index (χ4v) is 1.02. The lowest BCUT2D eigenvalue weighted by Gasteiger charge is -2.02.